The van der Waals surface area contributed by atoms with Crippen LogP contribution in [-0.4, -0.2) is 51.0 Å². The molecule has 6 heteroatoms. The average molecular weight is 631 g/mol. The van der Waals surface area contributed by atoms with Crippen LogP contribution in [0.25, 0.3) is 0 Å². The van der Waals surface area contributed by atoms with Crippen LogP contribution in [0.2, 0.25) is 0 Å². The molecule has 258 valence electrons. The van der Waals surface area contributed by atoms with E-state index in [2.05, 4.69) is 27.9 Å². The molecule has 0 bridgehead atoms. The Morgan fingerprint density at radius 2 is 0.767 bits per heavy atom. The van der Waals surface area contributed by atoms with Gasteiger partial charge in [-0.3, -0.25) is 13.6 Å². The highest BCUT2D eigenvalue weighted by Crippen LogP contribution is 2.52. The Morgan fingerprint density at radius 1 is 0.488 bits per heavy atom. The predicted octanol–water partition coefficient (Wildman–Crippen LogP) is 12.6. The van der Waals surface area contributed by atoms with E-state index < -0.39 is 7.82 Å². The van der Waals surface area contributed by atoms with Gasteiger partial charge in [0.1, 0.15) is 0 Å². The molecule has 0 aromatic carbocycles. The smallest absolute Gasteiger partial charge is 0.328 e. The Kier molecular flexibility index (Phi) is 27.1. The Labute approximate surface area is 270 Å². The van der Waals surface area contributed by atoms with Gasteiger partial charge in [-0.2, -0.15) is 0 Å². The van der Waals surface area contributed by atoms with Crippen molar-refractivity contribution < 1.29 is 22.6 Å². The van der Waals surface area contributed by atoms with E-state index in [0.29, 0.717) is 13.2 Å². The zero-order valence-electron chi connectivity index (χ0n) is 29.7. The molecule has 0 aliphatic carbocycles. The maximum absolute atomic E-state index is 13.6. The second kappa shape index (κ2) is 28.3. The van der Waals surface area contributed by atoms with Crippen molar-refractivity contribution in [3.63, 3.8) is 0 Å². The van der Waals surface area contributed by atoms with E-state index >= 15 is 0 Å². The highest BCUT2D eigenvalue weighted by Gasteiger charge is 2.35. The standard InChI is InChI=1S/C37H77NO4P/c1-5-7-9-11-13-15-17-18-19-20-21-22-24-26-28-30-36-41-43(39,42-37-31-33-38(3,4)34-32-37)40-35-29-27-25-23-16-14-12-10-8-6-2/h37H,5-36H2,1-4H3/q+1. The first-order chi connectivity index (χ1) is 20.9. The molecule has 0 aromatic heterocycles. The number of quaternary nitrogens is 1. The molecule has 43 heavy (non-hydrogen) atoms. The van der Waals surface area contributed by atoms with Crippen LogP contribution in [-0.2, 0) is 18.1 Å². The highest BCUT2D eigenvalue weighted by molar-refractivity contribution is 7.48. The molecule has 0 amide bonds. The van der Waals surface area contributed by atoms with Gasteiger partial charge in [-0.25, -0.2) is 4.57 Å². The summed E-state index contributed by atoms with van der Waals surface area (Å²) in [5, 5.41) is 0. The number of rotatable bonds is 32. The number of hydrogen-bond acceptors (Lipinski definition) is 4. The predicted molar refractivity (Wildman–Crippen MR) is 187 cm³/mol. The molecule has 1 fully saturated rings. The van der Waals surface area contributed by atoms with Gasteiger partial charge < -0.3 is 4.48 Å². The molecule has 0 aromatic rings. The van der Waals surface area contributed by atoms with E-state index in [1.165, 1.54) is 141 Å². The average Bonchev–Trinajstić information content (AvgIpc) is 2.98. The quantitative estimate of drug-likeness (QED) is 0.0421. The summed E-state index contributed by atoms with van der Waals surface area (Å²) in [6.45, 7) is 7.60. The van der Waals surface area contributed by atoms with Crippen LogP contribution in [0.4, 0.5) is 0 Å². The Hall–Kier alpha value is 0.0700. The van der Waals surface area contributed by atoms with Crippen molar-refractivity contribution in [2.24, 2.45) is 0 Å². The van der Waals surface area contributed by atoms with Crippen LogP contribution in [0.1, 0.15) is 194 Å². The van der Waals surface area contributed by atoms with Crippen LogP contribution in [0.15, 0.2) is 0 Å². The van der Waals surface area contributed by atoms with E-state index in [4.69, 9.17) is 13.6 Å². The van der Waals surface area contributed by atoms with Gasteiger partial charge in [-0.05, 0) is 12.8 Å². The van der Waals surface area contributed by atoms with Gasteiger partial charge in [-0.15, -0.1) is 0 Å². The van der Waals surface area contributed by atoms with E-state index in [-0.39, 0.29) is 6.10 Å². The molecule has 0 N–H and O–H groups in total. The summed E-state index contributed by atoms with van der Waals surface area (Å²) < 4.78 is 32.5. The first kappa shape index (κ1) is 41.1. The summed E-state index contributed by atoms with van der Waals surface area (Å²) in [5.41, 5.74) is 0. The van der Waals surface area contributed by atoms with Crippen molar-refractivity contribution in [2.45, 2.75) is 200 Å². The van der Waals surface area contributed by atoms with Crippen LogP contribution in [0.3, 0.4) is 0 Å². The zero-order chi connectivity index (χ0) is 31.3. The number of phosphoric ester groups is 1. The topological polar surface area (TPSA) is 44.8 Å². The van der Waals surface area contributed by atoms with Gasteiger partial charge in [0.25, 0.3) is 0 Å². The van der Waals surface area contributed by atoms with Gasteiger partial charge in [0.15, 0.2) is 0 Å². The molecule has 0 radical (unpaired) electrons. The first-order valence-corrected chi connectivity index (χ1v) is 20.8. The van der Waals surface area contributed by atoms with Gasteiger partial charge in [0, 0.05) is 12.8 Å². The largest absolute Gasteiger partial charge is 0.475 e. The van der Waals surface area contributed by atoms with Crippen LogP contribution >= 0.6 is 7.82 Å². The molecule has 1 aliphatic rings. The lowest BCUT2D eigenvalue weighted by Crippen LogP contribution is -2.47. The van der Waals surface area contributed by atoms with Crippen molar-refractivity contribution in [3.8, 4) is 0 Å². The fourth-order valence-electron chi connectivity index (χ4n) is 6.22. The highest BCUT2D eigenvalue weighted by atomic mass is 31.2. The van der Waals surface area contributed by atoms with E-state index in [9.17, 15) is 4.57 Å². The van der Waals surface area contributed by atoms with Gasteiger partial charge in [-0.1, -0.05) is 168 Å². The van der Waals surface area contributed by atoms with E-state index in [0.717, 1.165) is 56.1 Å². The Morgan fingerprint density at radius 3 is 1.07 bits per heavy atom. The second-order valence-electron chi connectivity index (χ2n) is 14.3. The summed E-state index contributed by atoms with van der Waals surface area (Å²) >= 11 is 0. The lowest BCUT2D eigenvalue weighted by molar-refractivity contribution is -0.896. The normalized spacial score (nSPS) is 16.9. The lowest BCUT2D eigenvalue weighted by atomic mass is 10.0. The molecule has 1 heterocycles. The minimum atomic E-state index is -3.50. The Bertz CT molecular complexity index is 634. The molecule has 1 rings (SSSR count). The van der Waals surface area contributed by atoms with Crippen molar-refractivity contribution in [1.29, 1.82) is 0 Å². The van der Waals surface area contributed by atoms with Crippen molar-refractivity contribution in [3.05, 3.63) is 0 Å². The molecular weight excluding hydrogens is 553 g/mol. The van der Waals surface area contributed by atoms with Crippen molar-refractivity contribution >= 4 is 7.82 Å². The third-order valence-electron chi connectivity index (χ3n) is 9.39. The van der Waals surface area contributed by atoms with E-state index in [1.807, 2.05) is 0 Å². The van der Waals surface area contributed by atoms with Crippen molar-refractivity contribution in [1.82, 2.24) is 0 Å². The number of unbranched alkanes of at least 4 members (excludes halogenated alkanes) is 24. The molecule has 1 saturated heterocycles. The number of nitrogens with zero attached hydrogens (tertiary/aromatic N) is 1. The molecule has 1 aliphatic heterocycles. The molecule has 1 atom stereocenters. The van der Waals surface area contributed by atoms with Crippen LogP contribution < -0.4 is 0 Å². The summed E-state index contributed by atoms with van der Waals surface area (Å²) in [5.74, 6) is 0. The molecule has 0 saturated carbocycles. The maximum atomic E-state index is 13.6. The summed E-state index contributed by atoms with van der Waals surface area (Å²) in [4.78, 5) is 0. The van der Waals surface area contributed by atoms with Crippen LogP contribution in [0, 0.1) is 0 Å². The summed E-state index contributed by atoms with van der Waals surface area (Å²) in [7, 11) is 1.01. The summed E-state index contributed by atoms with van der Waals surface area (Å²) in [6, 6.07) is 0. The number of hydrogen-bond donors (Lipinski definition) is 0. The maximum Gasteiger partial charge on any atom is 0.475 e. The molecular formula is C37H77NO4P+. The summed E-state index contributed by atoms with van der Waals surface area (Å²) in [6.07, 6.45) is 36.1. The molecule has 1 unspecified atom stereocenters. The van der Waals surface area contributed by atoms with Crippen molar-refractivity contribution in [2.75, 3.05) is 40.4 Å². The van der Waals surface area contributed by atoms with Crippen LogP contribution in [0.5, 0.6) is 0 Å². The first-order valence-electron chi connectivity index (χ1n) is 19.3. The van der Waals surface area contributed by atoms with Gasteiger partial charge >= 0.3 is 7.82 Å². The zero-order valence-corrected chi connectivity index (χ0v) is 30.6. The monoisotopic (exact) mass is 631 g/mol. The number of phosphoric acid groups is 1. The molecule has 0 spiro atoms. The Balaban J connectivity index is 2.14. The number of piperidine rings is 1. The fourth-order valence-corrected chi connectivity index (χ4v) is 7.70. The lowest BCUT2D eigenvalue weighted by Gasteiger charge is -2.37. The third kappa shape index (κ3) is 25.9. The van der Waals surface area contributed by atoms with Gasteiger partial charge in [0.2, 0.25) is 0 Å². The van der Waals surface area contributed by atoms with Gasteiger partial charge in [0.05, 0.1) is 46.5 Å². The van der Waals surface area contributed by atoms with E-state index in [1.54, 1.807) is 0 Å². The SMILES string of the molecule is CCCCCCCCCCCCCCCCCCOP(=O)(OCCCCCCCCCCCC)OC1CC[N+](C)(C)CC1. The minimum absolute atomic E-state index is 0.0181. The fraction of sp³-hybridized carbons (Fsp3) is 1.00. The number of likely N-dealkylation sites (tertiary alicyclic amines) is 1. The molecule has 5 nitrogen and oxygen atoms in total. The minimum Gasteiger partial charge on any atom is -0.328 e. The third-order valence-corrected chi connectivity index (χ3v) is 10.9. The second-order valence-corrected chi connectivity index (χ2v) is 15.9.